The third-order valence-corrected chi connectivity index (χ3v) is 4.25. The summed E-state index contributed by atoms with van der Waals surface area (Å²) >= 11 is 0. The van der Waals surface area contributed by atoms with Gasteiger partial charge in [0.2, 0.25) is 0 Å². The lowest BCUT2D eigenvalue weighted by Crippen LogP contribution is -2.60. The Morgan fingerprint density at radius 1 is 1.26 bits per heavy atom. The third kappa shape index (κ3) is 2.37. The predicted molar refractivity (Wildman–Crippen MR) is 71.5 cm³/mol. The summed E-state index contributed by atoms with van der Waals surface area (Å²) in [5.74, 6) is -0.574. The van der Waals surface area contributed by atoms with E-state index in [0.717, 1.165) is 25.8 Å². The lowest BCUT2D eigenvalue weighted by molar-refractivity contribution is 0.0485. The first kappa shape index (κ1) is 12.6. The molecule has 19 heavy (non-hydrogen) atoms. The molecule has 4 heteroatoms. The van der Waals surface area contributed by atoms with Crippen LogP contribution in [0, 0.1) is 5.82 Å². The molecular weight excluding hydrogens is 243 g/mol. The number of carbonyl (C=O) groups excluding carboxylic acids is 1. The Morgan fingerprint density at radius 3 is 2.89 bits per heavy atom. The maximum absolute atomic E-state index is 13.8. The zero-order valence-electron chi connectivity index (χ0n) is 10.9. The van der Waals surface area contributed by atoms with E-state index in [1.807, 2.05) is 4.90 Å². The summed E-state index contributed by atoms with van der Waals surface area (Å²) in [7, 11) is 0. The molecule has 1 saturated heterocycles. The van der Waals surface area contributed by atoms with Crippen LogP contribution in [0.4, 0.5) is 4.39 Å². The molecule has 0 bridgehead atoms. The van der Waals surface area contributed by atoms with Crippen molar-refractivity contribution in [1.82, 2.24) is 10.2 Å². The highest BCUT2D eigenvalue weighted by molar-refractivity contribution is 5.94. The Bertz CT molecular complexity index is 475. The molecule has 1 aliphatic carbocycles. The largest absolute Gasteiger partial charge is 0.333 e. The lowest BCUT2D eigenvalue weighted by atomic mass is 9.87. The summed E-state index contributed by atoms with van der Waals surface area (Å²) in [6.07, 6.45) is 4.52. The van der Waals surface area contributed by atoms with E-state index in [9.17, 15) is 9.18 Å². The Kier molecular flexibility index (Phi) is 3.51. The van der Waals surface area contributed by atoms with Crippen molar-refractivity contribution >= 4 is 5.91 Å². The minimum Gasteiger partial charge on any atom is -0.333 e. The van der Waals surface area contributed by atoms with E-state index in [2.05, 4.69) is 5.32 Å². The minimum atomic E-state index is -0.418. The summed E-state index contributed by atoms with van der Waals surface area (Å²) in [5, 5.41) is 3.48. The van der Waals surface area contributed by atoms with Crippen molar-refractivity contribution in [3.8, 4) is 0 Å². The number of piperazine rings is 1. The lowest BCUT2D eigenvalue weighted by Gasteiger charge is -2.44. The van der Waals surface area contributed by atoms with Gasteiger partial charge in [0.1, 0.15) is 5.82 Å². The van der Waals surface area contributed by atoms with Crippen molar-refractivity contribution in [2.45, 2.75) is 37.8 Å². The van der Waals surface area contributed by atoms with Gasteiger partial charge >= 0.3 is 0 Å². The van der Waals surface area contributed by atoms with E-state index in [0.29, 0.717) is 12.6 Å². The summed E-state index contributed by atoms with van der Waals surface area (Å²) in [4.78, 5) is 14.4. The SMILES string of the molecule is O=C(c1ccccc1F)N1CCNC2CCCCC21. The molecule has 1 aromatic carbocycles. The van der Waals surface area contributed by atoms with Gasteiger partial charge in [0, 0.05) is 25.2 Å². The van der Waals surface area contributed by atoms with Gasteiger partial charge in [-0.2, -0.15) is 0 Å². The maximum atomic E-state index is 13.8. The van der Waals surface area contributed by atoms with Crippen LogP contribution in [0.3, 0.4) is 0 Å². The molecule has 2 unspecified atom stereocenters. The number of rotatable bonds is 1. The molecule has 0 spiro atoms. The van der Waals surface area contributed by atoms with Crippen molar-refractivity contribution in [2.24, 2.45) is 0 Å². The first-order chi connectivity index (χ1) is 9.27. The van der Waals surface area contributed by atoms with Gasteiger partial charge in [0.15, 0.2) is 0 Å². The molecule has 0 radical (unpaired) electrons. The van der Waals surface area contributed by atoms with Gasteiger partial charge in [0.05, 0.1) is 5.56 Å². The molecular formula is C15H19FN2O. The van der Waals surface area contributed by atoms with Gasteiger partial charge in [-0.3, -0.25) is 4.79 Å². The summed E-state index contributed by atoms with van der Waals surface area (Å²) in [6.45, 7) is 1.48. The van der Waals surface area contributed by atoms with Crippen molar-refractivity contribution in [2.75, 3.05) is 13.1 Å². The topological polar surface area (TPSA) is 32.3 Å². The fourth-order valence-electron chi connectivity index (χ4n) is 3.30. The molecule has 2 fully saturated rings. The molecule has 1 N–H and O–H groups in total. The summed E-state index contributed by atoms with van der Waals surface area (Å²) in [6, 6.07) is 6.89. The van der Waals surface area contributed by atoms with Crippen LogP contribution in [-0.4, -0.2) is 36.0 Å². The molecule has 1 heterocycles. The van der Waals surface area contributed by atoms with Gasteiger partial charge in [-0.05, 0) is 25.0 Å². The molecule has 3 rings (SSSR count). The minimum absolute atomic E-state index is 0.156. The molecule has 2 aliphatic rings. The fourth-order valence-corrected chi connectivity index (χ4v) is 3.30. The Labute approximate surface area is 112 Å². The molecule has 1 aromatic rings. The maximum Gasteiger partial charge on any atom is 0.257 e. The molecule has 102 valence electrons. The highest BCUT2D eigenvalue weighted by Crippen LogP contribution is 2.27. The van der Waals surface area contributed by atoms with Gasteiger partial charge in [-0.15, -0.1) is 0 Å². The second-order valence-electron chi connectivity index (χ2n) is 5.39. The van der Waals surface area contributed by atoms with E-state index >= 15 is 0 Å². The van der Waals surface area contributed by atoms with Gasteiger partial charge in [0.25, 0.3) is 5.91 Å². The van der Waals surface area contributed by atoms with E-state index < -0.39 is 5.82 Å². The zero-order valence-corrected chi connectivity index (χ0v) is 10.9. The number of carbonyl (C=O) groups is 1. The molecule has 1 amide bonds. The Hall–Kier alpha value is -1.42. The monoisotopic (exact) mass is 262 g/mol. The van der Waals surface area contributed by atoms with Crippen LogP contribution >= 0.6 is 0 Å². The molecule has 2 atom stereocenters. The average molecular weight is 262 g/mol. The summed E-state index contributed by atoms with van der Waals surface area (Å²) < 4.78 is 13.8. The van der Waals surface area contributed by atoms with Crippen LogP contribution in [0.1, 0.15) is 36.0 Å². The summed E-state index contributed by atoms with van der Waals surface area (Å²) in [5.41, 5.74) is 0.203. The standard InChI is InChI=1S/C15H19FN2O/c16-12-6-2-1-5-11(12)15(19)18-10-9-17-13-7-3-4-8-14(13)18/h1-2,5-6,13-14,17H,3-4,7-10H2. The third-order valence-electron chi connectivity index (χ3n) is 4.25. The van der Waals surface area contributed by atoms with E-state index in [-0.39, 0.29) is 17.5 Å². The van der Waals surface area contributed by atoms with E-state index in [4.69, 9.17) is 0 Å². The first-order valence-electron chi connectivity index (χ1n) is 7.06. The smallest absolute Gasteiger partial charge is 0.257 e. The number of hydrogen-bond donors (Lipinski definition) is 1. The molecule has 1 aliphatic heterocycles. The average Bonchev–Trinajstić information content (AvgIpc) is 2.46. The van der Waals surface area contributed by atoms with Crippen LogP contribution < -0.4 is 5.32 Å². The fraction of sp³-hybridized carbons (Fsp3) is 0.533. The van der Waals surface area contributed by atoms with E-state index in [1.165, 1.54) is 12.5 Å². The van der Waals surface area contributed by atoms with Gasteiger partial charge < -0.3 is 10.2 Å². The van der Waals surface area contributed by atoms with Gasteiger partial charge in [-0.25, -0.2) is 4.39 Å². The Morgan fingerprint density at radius 2 is 2.05 bits per heavy atom. The van der Waals surface area contributed by atoms with Crippen LogP contribution in [-0.2, 0) is 0 Å². The van der Waals surface area contributed by atoms with Crippen molar-refractivity contribution in [3.05, 3.63) is 35.6 Å². The van der Waals surface area contributed by atoms with Crippen LogP contribution in [0.25, 0.3) is 0 Å². The van der Waals surface area contributed by atoms with Crippen molar-refractivity contribution in [1.29, 1.82) is 0 Å². The number of nitrogens with one attached hydrogen (secondary N) is 1. The van der Waals surface area contributed by atoms with Crippen molar-refractivity contribution in [3.63, 3.8) is 0 Å². The number of nitrogens with zero attached hydrogens (tertiary/aromatic N) is 1. The Balaban J connectivity index is 1.84. The van der Waals surface area contributed by atoms with E-state index in [1.54, 1.807) is 18.2 Å². The quantitative estimate of drug-likeness (QED) is 0.841. The second-order valence-corrected chi connectivity index (χ2v) is 5.39. The number of hydrogen-bond acceptors (Lipinski definition) is 2. The highest BCUT2D eigenvalue weighted by atomic mass is 19.1. The van der Waals surface area contributed by atoms with Crippen LogP contribution in [0.2, 0.25) is 0 Å². The molecule has 1 saturated carbocycles. The number of halogens is 1. The van der Waals surface area contributed by atoms with Crippen molar-refractivity contribution < 1.29 is 9.18 Å². The first-order valence-corrected chi connectivity index (χ1v) is 7.06. The molecule has 3 nitrogen and oxygen atoms in total. The zero-order chi connectivity index (χ0) is 13.2. The predicted octanol–water partition coefficient (Wildman–Crippen LogP) is 2.18. The second kappa shape index (κ2) is 5.29. The van der Waals surface area contributed by atoms with Crippen LogP contribution in [0.15, 0.2) is 24.3 Å². The number of amides is 1. The van der Waals surface area contributed by atoms with Crippen LogP contribution in [0.5, 0.6) is 0 Å². The van der Waals surface area contributed by atoms with Gasteiger partial charge in [-0.1, -0.05) is 25.0 Å². The number of benzene rings is 1. The number of fused-ring (bicyclic) bond motifs is 1. The highest BCUT2D eigenvalue weighted by Gasteiger charge is 2.36. The molecule has 0 aromatic heterocycles. The normalized spacial score (nSPS) is 26.9.